The van der Waals surface area contributed by atoms with E-state index in [-0.39, 0.29) is 22.0 Å². The fourth-order valence-electron chi connectivity index (χ4n) is 4.99. The number of hydrogen-bond donors (Lipinski definition) is 2. The van der Waals surface area contributed by atoms with E-state index in [4.69, 9.17) is 9.97 Å². The van der Waals surface area contributed by atoms with Gasteiger partial charge in [-0.1, -0.05) is 11.3 Å². The summed E-state index contributed by atoms with van der Waals surface area (Å²) in [7, 11) is -3.79. The molecule has 0 spiro atoms. The van der Waals surface area contributed by atoms with Crippen LogP contribution in [-0.4, -0.2) is 59.3 Å². The maximum atomic E-state index is 13.3. The molecule has 13 heteroatoms. The van der Waals surface area contributed by atoms with E-state index in [1.807, 2.05) is 6.92 Å². The van der Waals surface area contributed by atoms with Gasteiger partial charge in [0.25, 0.3) is 6.43 Å². The summed E-state index contributed by atoms with van der Waals surface area (Å²) in [5.74, 6) is 0.512. The highest BCUT2D eigenvalue weighted by molar-refractivity contribution is 7.89. The first-order chi connectivity index (χ1) is 16.6. The minimum atomic E-state index is -3.79. The SMILES string of the molecule is Cc1cc(S(=O)(=O)NC2(C)CC2)cc2c(-c3nnc(C(F)F)s3)nc(N3C4CCC3CNC4)nc12. The molecule has 3 aromatic rings. The monoisotopic (exact) mass is 521 g/mol. The first kappa shape index (κ1) is 23.1. The molecule has 1 saturated carbocycles. The van der Waals surface area contributed by atoms with Gasteiger partial charge in [-0.15, -0.1) is 10.2 Å². The molecule has 4 heterocycles. The molecular formula is C22H25F2N7O2S2. The van der Waals surface area contributed by atoms with Crippen LogP contribution in [0, 0.1) is 6.92 Å². The number of hydrogen-bond acceptors (Lipinski definition) is 9. The van der Waals surface area contributed by atoms with Crippen molar-refractivity contribution in [1.29, 1.82) is 0 Å². The minimum Gasteiger partial charge on any atom is -0.332 e. The van der Waals surface area contributed by atoms with Crippen molar-refractivity contribution < 1.29 is 17.2 Å². The molecule has 2 unspecified atom stereocenters. The normalized spacial score (nSPS) is 23.4. The van der Waals surface area contributed by atoms with Crippen molar-refractivity contribution in [1.82, 2.24) is 30.2 Å². The van der Waals surface area contributed by atoms with Gasteiger partial charge in [0.2, 0.25) is 16.0 Å². The molecule has 3 fully saturated rings. The second-order valence-electron chi connectivity index (χ2n) is 9.87. The fourth-order valence-corrected chi connectivity index (χ4v) is 7.27. The van der Waals surface area contributed by atoms with Crippen LogP contribution in [-0.2, 0) is 10.0 Å². The van der Waals surface area contributed by atoms with Crippen LogP contribution in [0.2, 0.25) is 0 Å². The Labute approximate surface area is 205 Å². The Kier molecular flexibility index (Phi) is 5.33. The van der Waals surface area contributed by atoms with Crippen LogP contribution in [0.4, 0.5) is 14.7 Å². The second kappa shape index (κ2) is 8.08. The molecule has 2 bridgehead atoms. The standard InChI is InChI=1S/C22H25F2N7O2S2/c1-11-7-14(35(32,33)30-22(2)5-6-22)8-15-16(11)26-21(31-12-3-4-13(31)10-25-9-12)27-17(15)19-28-29-20(34-19)18(23)24/h7-8,12-13,18,25,30H,3-6,9-10H2,1-2H3. The first-order valence-electron chi connectivity index (χ1n) is 11.6. The van der Waals surface area contributed by atoms with Crippen molar-refractivity contribution in [2.45, 2.75) is 68.5 Å². The zero-order chi connectivity index (χ0) is 24.5. The number of rotatable bonds is 6. The van der Waals surface area contributed by atoms with Gasteiger partial charge in [0.1, 0.15) is 5.69 Å². The molecule has 9 nitrogen and oxygen atoms in total. The number of aromatic nitrogens is 4. The van der Waals surface area contributed by atoms with Crippen LogP contribution in [0.25, 0.3) is 21.6 Å². The maximum absolute atomic E-state index is 13.3. The molecule has 2 saturated heterocycles. The number of nitrogens with one attached hydrogen (secondary N) is 2. The van der Waals surface area contributed by atoms with E-state index in [2.05, 4.69) is 25.1 Å². The van der Waals surface area contributed by atoms with Crippen molar-refractivity contribution in [3.63, 3.8) is 0 Å². The molecule has 35 heavy (non-hydrogen) atoms. The van der Waals surface area contributed by atoms with E-state index >= 15 is 0 Å². The van der Waals surface area contributed by atoms with E-state index in [9.17, 15) is 17.2 Å². The Morgan fingerprint density at radius 2 is 1.89 bits per heavy atom. The molecule has 2 aliphatic heterocycles. The van der Waals surface area contributed by atoms with Gasteiger partial charge in [0, 0.05) is 36.1 Å². The minimum absolute atomic E-state index is 0.0917. The van der Waals surface area contributed by atoms with Crippen molar-refractivity contribution in [3.05, 3.63) is 22.7 Å². The molecule has 2 aromatic heterocycles. The molecule has 0 radical (unpaired) electrons. The molecule has 6 rings (SSSR count). The number of fused-ring (bicyclic) bond motifs is 3. The van der Waals surface area contributed by atoms with E-state index in [0.29, 0.717) is 28.1 Å². The van der Waals surface area contributed by atoms with Crippen LogP contribution in [0.3, 0.4) is 0 Å². The summed E-state index contributed by atoms with van der Waals surface area (Å²) in [6, 6.07) is 3.61. The third-order valence-corrected chi connectivity index (χ3v) is 9.64. The lowest BCUT2D eigenvalue weighted by atomic mass is 10.1. The van der Waals surface area contributed by atoms with Crippen molar-refractivity contribution in [3.8, 4) is 10.7 Å². The lowest BCUT2D eigenvalue weighted by Gasteiger charge is -2.35. The highest BCUT2D eigenvalue weighted by Crippen LogP contribution is 2.39. The topological polar surface area (TPSA) is 113 Å². The summed E-state index contributed by atoms with van der Waals surface area (Å²) in [6.45, 7) is 5.32. The smallest absolute Gasteiger partial charge is 0.291 e. The lowest BCUT2D eigenvalue weighted by molar-refractivity contribution is 0.150. The lowest BCUT2D eigenvalue weighted by Crippen LogP contribution is -2.52. The van der Waals surface area contributed by atoms with E-state index in [1.165, 1.54) is 6.07 Å². The first-order valence-corrected chi connectivity index (χ1v) is 13.9. The van der Waals surface area contributed by atoms with Gasteiger partial charge in [-0.25, -0.2) is 31.9 Å². The van der Waals surface area contributed by atoms with E-state index in [1.54, 1.807) is 13.0 Å². The summed E-state index contributed by atoms with van der Waals surface area (Å²) in [4.78, 5) is 11.9. The number of sulfonamides is 1. The fraction of sp³-hybridized carbons (Fsp3) is 0.545. The quantitative estimate of drug-likeness (QED) is 0.509. The Morgan fingerprint density at radius 3 is 2.51 bits per heavy atom. The highest BCUT2D eigenvalue weighted by Gasteiger charge is 2.42. The van der Waals surface area contributed by atoms with E-state index in [0.717, 1.165) is 50.1 Å². The van der Waals surface area contributed by atoms with Gasteiger partial charge in [0.15, 0.2) is 10.0 Å². The number of halogens is 2. The third kappa shape index (κ3) is 4.07. The number of piperazine rings is 1. The van der Waals surface area contributed by atoms with Gasteiger partial charge in [0.05, 0.1) is 10.4 Å². The van der Waals surface area contributed by atoms with E-state index < -0.39 is 27.0 Å². The average Bonchev–Trinajstić information content (AvgIpc) is 3.22. The van der Waals surface area contributed by atoms with Crippen LogP contribution in [0.1, 0.15) is 49.6 Å². The summed E-state index contributed by atoms with van der Waals surface area (Å²) in [5, 5.41) is 11.3. The van der Waals surface area contributed by atoms with Crippen LogP contribution in [0.5, 0.6) is 0 Å². The number of anilines is 1. The average molecular weight is 522 g/mol. The predicted octanol–water partition coefficient (Wildman–Crippen LogP) is 3.17. The molecule has 2 atom stereocenters. The zero-order valence-corrected chi connectivity index (χ0v) is 20.9. The van der Waals surface area contributed by atoms with Gasteiger partial charge in [-0.2, -0.15) is 0 Å². The summed E-state index contributed by atoms with van der Waals surface area (Å²) < 4.78 is 55.7. The van der Waals surface area contributed by atoms with Crippen molar-refractivity contribution >= 4 is 38.2 Å². The van der Waals surface area contributed by atoms with Gasteiger partial charge in [-0.05, 0) is 57.2 Å². The number of benzene rings is 1. The maximum Gasteiger partial charge on any atom is 0.291 e. The van der Waals surface area contributed by atoms with Gasteiger partial charge in [-0.3, -0.25) is 0 Å². The summed E-state index contributed by atoms with van der Waals surface area (Å²) >= 11 is 0.762. The number of aryl methyl sites for hydroxylation is 1. The molecular weight excluding hydrogens is 496 g/mol. The Balaban J connectivity index is 1.54. The Morgan fingerprint density at radius 1 is 1.17 bits per heavy atom. The molecule has 2 N–H and O–H groups in total. The highest BCUT2D eigenvalue weighted by atomic mass is 32.2. The number of alkyl halides is 2. The molecule has 186 valence electrons. The summed E-state index contributed by atoms with van der Waals surface area (Å²) in [6.07, 6.45) is 0.848. The van der Waals surface area contributed by atoms with Crippen LogP contribution < -0.4 is 14.9 Å². The predicted molar refractivity (Wildman–Crippen MR) is 128 cm³/mol. The summed E-state index contributed by atoms with van der Waals surface area (Å²) in [5.41, 5.74) is 1.13. The van der Waals surface area contributed by atoms with Crippen molar-refractivity contribution in [2.24, 2.45) is 0 Å². The molecule has 1 aliphatic carbocycles. The molecule has 1 aromatic carbocycles. The Bertz CT molecular complexity index is 1410. The second-order valence-corrected chi connectivity index (χ2v) is 12.6. The third-order valence-electron chi connectivity index (χ3n) is 7.08. The van der Waals surface area contributed by atoms with Gasteiger partial charge < -0.3 is 10.2 Å². The van der Waals surface area contributed by atoms with Crippen molar-refractivity contribution in [2.75, 3.05) is 18.0 Å². The van der Waals surface area contributed by atoms with Crippen LogP contribution in [0.15, 0.2) is 17.0 Å². The Hall–Kier alpha value is -2.35. The van der Waals surface area contributed by atoms with Gasteiger partial charge >= 0.3 is 0 Å². The zero-order valence-electron chi connectivity index (χ0n) is 19.3. The largest absolute Gasteiger partial charge is 0.332 e. The molecule has 3 aliphatic rings. The number of nitrogens with zero attached hydrogens (tertiary/aromatic N) is 5. The van der Waals surface area contributed by atoms with Crippen LogP contribution >= 0.6 is 11.3 Å². The molecule has 0 amide bonds.